The van der Waals surface area contributed by atoms with E-state index in [2.05, 4.69) is 20.3 Å². The van der Waals surface area contributed by atoms with Crippen LogP contribution < -0.4 is 10.1 Å². The maximum atomic E-state index is 13.0. The number of carbonyl (C=O) groups is 1. The molecule has 182 valence electrons. The van der Waals surface area contributed by atoms with Gasteiger partial charge < -0.3 is 10.1 Å². The molecule has 1 N–H and O–H groups in total. The third-order valence-corrected chi connectivity index (χ3v) is 8.09. The molecule has 1 unspecified atom stereocenters. The summed E-state index contributed by atoms with van der Waals surface area (Å²) in [5, 5.41) is 16.3. The number of benzene rings is 2. The topological polar surface area (TPSA) is 115 Å². The van der Waals surface area contributed by atoms with Gasteiger partial charge in [0.15, 0.2) is 9.84 Å². The van der Waals surface area contributed by atoms with Gasteiger partial charge in [-0.3, -0.25) is 4.79 Å². The molecular formula is C23H21F2N5O4S. The second kappa shape index (κ2) is 7.94. The SMILES string of the molecule is CC1(NC(=O)c2ccc3c(c2)c(C2(C)C=CN=N2)nn3-c2cccc(OC(F)F)c2)CS(=O)(=O)C1. The molecule has 3 aromatic rings. The molecule has 1 saturated heterocycles. The van der Waals surface area contributed by atoms with Crippen molar-refractivity contribution in [2.24, 2.45) is 10.2 Å². The number of halogens is 2. The number of rotatable bonds is 6. The lowest BCUT2D eigenvalue weighted by molar-refractivity contribution is -0.0498. The van der Waals surface area contributed by atoms with E-state index in [1.54, 1.807) is 54.2 Å². The first-order chi connectivity index (χ1) is 16.5. The number of hydrogen-bond acceptors (Lipinski definition) is 7. The molecule has 0 bridgehead atoms. The minimum atomic E-state index is -3.13. The summed E-state index contributed by atoms with van der Waals surface area (Å²) in [4.78, 5) is 13.0. The summed E-state index contributed by atoms with van der Waals surface area (Å²) in [5.41, 5.74) is 0.200. The summed E-state index contributed by atoms with van der Waals surface area (Å²) in [6.07, 6.45) is 3.32. The number of fused-ring (bicyclic) bond motifs is 1. The van der Waals surface area contributed by atoms with Gasteiger partial charge in [0.05, 0.1) is 28.2 Å². The van der Waals surface area contributed by atoms with Gasteiger partial charge in [0.2, 0.25) is 0 Å². The lowest BCUT2D eigenvalue weighted by Gasteiger charge is -2.38. The zero-order chi connectivity index (χ0) is 25.0. The molecule has 1 fully saturated rings. The predicted molar refractivity (Wildman–Crippen MR) is 124 cm³/mol. The van der Waals surface area contributed by atoms with Crippen LogP contribution in [0.2, 0.25) is 0 Å². The fourth-order valence-electron chi connectivity index (χ4n) is 4.46. The molecule has 12 heteroatoms. The molecule has 1 aromatic heterocycles. The first-order valence-corrected chi connectivity index (χ1v) is 12.5. The maximum Gasteiger partial charge on any atom is 0.387 e. The largest absolute Gasteiger partial charge is 0.435 e. The number of alkyl halides is 2. The Kier molecular flexibility index (Phi) is 5.24. The highest BCUT2D eigenvalue weighted by Gasteiger charge is 2.45. The minimum Gasteiger partial charge on any atom is -0.435 e. The number of amides is 1. The van der Waals surface area contributed by atoms with Gasteiger partial charge >= 0.3 is 6.61 Å². The van der Waals surface area contributed by atoms with E-state index in [9.17, 15) is 22.0 Å². The van der Waals surface area contributed by atoms with Crippen LogP contribution in [-0.4, -0.2) is 47.8 Å². The van der Waals surface area contributed by atoms with Gasteiger partial charge in [0.25, 0.3) is 5.91 Å². The van der Waals surface area contributed by atoms with Crippen LogP contribution in [0.25, 0.3) is 16.6 Å². The Morgan fingerprint density at radius 1 is 1.17 bits per heavy atom. The van der Waals surface area contributed by atoms with Crippen LogP contribution in [0.5, 0.6) is 5.75 Å². The van der Waals surface area contributed by atoms with Crippen molar-refractivity contribution in [2.75, 3.05) is 11.5 Å². The van der Waals surface area contributed by atoms with E-state index < -0.39 is 33.4 Å². The van der Waals surface area contributed by atoms with Gasteiger partial charge in [-0.15, -0.1) is 0 Å². The zero-order valence-electron chi connectivity index (χ0n) is 18.8. The molecule has 0 aliphatic carbocycles. The Morgan fingerprint density at radius 3 is 2.60 bits per heavy atom. The van der Waals surface area contributed by atoms with Crippen molar-refractivity contribution in [3.63, 3.8) is 0 Å². The second-order valence-electron chi connectivity index (χ2n) is 9.09. The molecule has 5 rings (SSSR count). The van der Waals surface area contributed by atoms with Gasteiger partial charge in [0, 0.05) is 23.2 Å². The molecule has 9 nitrogen and oxygen atoms in total. The highest BCUT2D eigenvalue weighted by atomic mass is 32.2. The van der Waals surface area contributed by atoms with Crippen LogP contribution in [0.15, 0.2) is 65.0 Å². The average Bonchev–Trinajstić information content (AvgIpc) is 3.36. The minimum absolute atomic E-state index is 0.0194. The average molecular weight is 502 g/mol. The monoisotopic (exact) mass is 501 g/mol. The van der Waals surface area contributed by atoms with E-state index in [1.165, 1.54) is 12.1 Å². The molecule has 0 spiro atoms. The quantitative estimate of drug-likeness (QED) is 0.553. The lowest BCUT2D eigenvalue weighted by atomic mass is 9.95. The number of nitrogens with zero attached hydrogens (tertiary/aromatic N) is 4. The Labute approximate surface area is 199 Å². The molecule has 2 aromatic carbocycles. The van der Waals surface area contributed by atoms with E-state index in [-0.39, 0.29) is 17.3 Å². The second-order valence-corrected chi connectivity index (χ2v) is 11.2. The van der Waals surface area contributed by atoms with Crippen LogP contribution in [0, 0.1) is 0 Å². The van der Waals surface area contributed by atoms with Crippen molar-refractivity contribution in [1.29, 1.82) is 0 Å². The summed E-state index contributed by atoms with van der Waals surface area (Å²) in [5.74, 6) is -0.660. The third kappa shape index (κ3) is 4.29. The standard InChI is InChI=1S/C23H21F2N5O4S/c1-22(12-35(32,33)13-22)27-20(31)14-6-7-18-17(10-14)19(23(2)8-9-26-29-23)28-30(18)15-4-3-5-16(11-15)34-21(24)25/h3-11,21H,12-13H2,1-2H3,(H,27,31). The van der Waals surface area contributed by atoms with Gasteiger partial charge in [-0.25, -0.2) is 13.1 Å². The highest BCUT2D eigenvalue weighted by molar-refractivity contribution is 7.93. The number of aromatic nitrogens is 2. The van der Waals surface area contributed by atoms with Gasteiger partial charge in [0.1, 0.15) is 17.0 Å². The van der Waals surface area contributed by atoms with Gasteiger partial charge in [-0.1, -0.05) is 6.07 Å². The van der Waals surface area contributed by atoms with Crippen molar-refractivity contribution in [3.05, 3.63) is 66.0 Å². The van der Waals surface area contributed by atoms with Crippen molar-refractivity contribution >= 4 is 26.6 Å². The van der Waals surface area contributed by atoms with E-state index in [4.69, 9.17) is 5.10 Å². The molecule has 2 aliphatic rings. The maximum absolute atomic E-state index is 13.0. The lowest BCUT2D eigenvalue weighted by Crippen LogP contribution is -2.63. The number of azo groups is 1. The first kappa shape index (κ1) is 23.1. The van der Waals surface area contributed by atoms with Crippen LogP contribution >= 0.6 is 0 Å². The molecule has 2 aliphatic heterocycles. The smallest absolute Gasteiger partial charge is 0.387 e. The summed E-state index contributed by atoms with van der Waals surface area (Å²) in [6, 6.07) is 11.1. The fraction of sp³-hybridized carbons (Fsp3) is 0.304. The Hall–Kier alpha value is -3.67. The molecule has 0 saturated carbocycles. The van der Waals surface area contributed by atoms with E-state index >= 15 is 0 Å². The number of sulfone groups is 1. The third-order valence-electron chi connectivity index (χ3n) is 5.93. The molecule has 35 heavy (non-hydrogen) atoms. The van der Waals surface area contributed by atoms with Crippen LogP contribution in [0.1, 0.15) is 29.9 Å². The summed E-state index contributed by atoms with van der Waals surface area (Å²) in [7, 11) is -3.13. The number of hydrogen-bond donors (Lipinski definition) is 1. The number of ether oxygens (including phenoxy) is 1. The molecule has 1 atom stereocenters. The van der Waals surface area contributed by atoms with Crippen LogP contribution in [0.3, 0.4) is 0 Å². The summed E-state index contributed by atoms with van der Waals surface area (Å²) >= 11 is 0. The van der Waals surface area contributed by atoms with Crippen molar-refractivity contribution in [1.82, 2.24) is 15.1 Å². The predicted octanol–water partition coefficient (Wildman–Crippen LogP) is 3.74. The molecule has 0 radical (unpaired) electrons. The molecule has 3 heterocycles. The van der Waals surface area contributed by atoms with Gasteiger partial charge in [-0.05, 0) is 50.3 Å². The van der Waals surface area contributed by atoms with Crippen LogP contribution in [0.4, 0.5) is 8.78 Å². The number of carbonyl (C=O) groups excluding carboxylic acids is 1. The normalized spacial score (nSPS) is 21.9. The Bertz CT molecular complexity index is 1490. The Morgan fingerprint density at radius 2 is 1.94 bits per heavy atom. The van der Waals surface area contributed by atoms with Crippen molar-refractivity contribution in [3.8, 4) is 11.4 Å². The summed E-state index contributed by atoms with van der Waals surface area (Å²) in [6.45, 7) is 0.537. The number of nitrogens with one attached hydrogen (secondary N) is 1. The van der Waals surface area contributed by atoms with E-state index in [0.717, 1.165) is 0 Å². The highest BCUT2D eigenvalue weighted by Crippen LogP contribution is 2.37. The van der Waals surface area contributed by atoms with Crippen molar-refractivity contribution in [2.45, 2.75) is 31.5 Å². The molecule has 1 amide bonds. The Balaban J connectivity index is 1.58. The van der Waals surface area contributed by atoms with E-state index in [0.29, 0.717) is 27.8 Å². The van der Waals surface area contributed by atoms with Crippen molar-refractivity contribution < 1.29 is 26.7 Å². The fourth-order valence-corrected chi connectivity index (χ4v) is 6.46. The van der Waals surface area contributed by atoms with Gasteiger partial charge in [-0.2, -0.15) is 24.1 Å². The first-order valence-electron chi connectivity index (χ1n) is 10.7. The van der Waals surface area contributed by atoms with E-state index in [1.807, 2.05) is 6.92 Å². The van der Waals surface area contributed by atoms with Crippen LogP contribution in [-0.2, 0) is 15.4 Å². The molecular weight excluding hydrogens is 480 g/mol. The zero-order valence-corrected chi connectivity index (χ0v) is 19.6. The summed E-state index contributed by atoms with van der Waals surface area (Å²) < 4.78 is 54.8.